The third-order valence-corrected chi connectivity index (χ3v) is 8.43. The molecule has 1 atom stereocenters. The quantitative estimate of drug-likeness (QED) is 0.188. The third kappa shape index (κ3) is 6.78. The van der Waals surface area contributed by atoms with Crippen LogP contribution in [-0.4, -0.2) is 26.5 Å². The Morgan fingerprint density at radius 3 is 2.80 bits per heavy atom. The van der Waals surface area contributed by atoms with Crippen LogP contribution in [0.3, 0.4) is 0 Å². The summed E-state index contributed by atoms with van der Waals surface area (Å²) in [5, 5.41) is 1.24. The Morgan fingerprint density at radius 2 is 2.10 bits per heavy atom. The van der Waals surface area contributed by atoms with E-state index >= 15 is 0 Å². The first-order chi connectivity index (χ1) is 19.3. The van der Waals surface area contributed by atoms with Crippen LogP contribution in [-0.2, 0) is 10.0 Å². The van der Waals surface area contributed by atoms with Crippen molar-refractivity contribution in [1.29, 1.82) is 0 Å². The van der Waals surface area contributed by atoms with Crippen LogP contribution in [0.25, 0.3) is 5.70 Å². The Bertz CT molecular complexity index is 1450. The number of anilines is 3. The van der Waals surface area contributed by atoms with Gasteiger partial charge in [0.25, 0.3) is 10.0 Å². The van der Waals surface area contributed by atoms with Crippen molar-refractivity contribution < 1.29 is 17.2 Å². The predicted octanol–water partition coefficient (Wildman–Crippen LogP) is 6.30. The molecule has 0 aliphatic carbocycles. The summed E-state index contributed by atoms with van der Waals surface area (Å²) in [6.45, 7) is 10.0. The lowest BCUT2D eigenvalue weighted by Gasteiger charge is -2.26. The summed E-state index contributed by atoms with van der Waals surface area (Å²) in [5.74, 6) is -0.0569. The zero-order chi connectivity index (χ0) is 28.7. The minimum Gasteiger partial charge on any atom is -0.471 e. The lowest BCUT2D eigenvalue weighted by molar-refractivity contribution is 0.473. The minimum absolute atomic E-state index is 0.0172. The number of nitrogens with one attached hydrogen (secondary N) is 3. The number of allylic oxidation sites excluding steroid dienone is 1. The van der Waals surface area contributed by atoms with Crippen LogP contribution in [0.5, 0.6) is 0 Å². The lowest BCUT2D eigenvalue weighted by atomic mass is 9.98. The van der Waals surface area contributed by atoms with Gasteiger partial charge in [-0.3, -0.25) is 14.7 Å². The normalized spacial score (nSPS) is 14.0. The second kappa shape index (κ2) is 13.2. The molecule has 214 valence electrons. The van der Waals surface area contributed by atoms with Crippen LogP contribution in [0.2, 0.25) is 5.02 Å². The van der Waals surface area contributed by atoms with E-state index in [1.807, 2.05) is 18.3 Å². The highest BCUT2D eigenvalue weighted by Crippen LogP contribution is 2.37. The summed E-state index contributed by atoms with van der Waals surface area (Å²) in [6.07, 6.45) is 13.7. The van der Waals surface area contributed by atoms with Gasteiger partial charge in [0, 0.05) is 31.0 Å². The fraction of sp³-hybridized carbons (Fsp3) is 0.321. The summed E-state index contributed by atoms with van der Waals surface area (Å²) < 4.78 is 47.5. The maximum absolute atomic E-state index is 15.0. The standard InChI is InChI=1S/C28H34ClFN6O3S/c1-4-7-20(6-3)10-13-35(12-5-2)22-15-21(16-31-17-22)26-18-36(34-32-26)28-24(30)8-9-25(27(28)29)33-40(37,38)23-11-14-39-19-23/h4,8-9,11,14-20,32-34H,1,5-7,10,12-13H2,2-3H3. The van der Waals surface area contributed by atoms with Gasteiger partial charge in [-0.05, 0) is 49.4 Å². The molecule has 9 nitrogen and oxygen atoms in total. The van der Waals surface area contributed by atoms with Gasteiger partial charge < -0.3 is 14.7 Å². The number of aromatic nitrogens is 1. The molecule has 1 aliphatic heterocycles. The number of nitrogens with zero attached hydrogens (tertiary/aromatic N) is 3. The Balaban J connectivity index is 1.56. The largest absolute Gasteiger partial charge is 0.471 e. The van der Waals surface area contributed by atoms with E-state index in [0.29, 0.717) is 11.6 Å². The van der Waals surface area contributed by atoms with Crippen molar-refractivity contribution in [2.75, 3.05) is 27.7 Å². The van der Waals surface area contributed by atoms with E-state index in [0.717, 1.165) is 62.4 Å². The molecule has 40 heavy (non-hydrogen) atoms. The third-order valence-electron chi connectivity index (χ3n) is 6.70. The van der Waals surface area contributed by atoms with E-state index in [-0.39, 0.29) is 21.3 Å². The van der Waals surface area contributed by atoms with Gasteiger partial charge in [0.15, 0.2) is 0 Å². The van der Waals surface area contributed by atoms with E-state index < -0.39 is 15.8 Å². The van der Waals surface area contributed by atoms with Gasteiger partial charge in [-0.2, -0.15) is 0 Å². The van der Waals surface area contributed by atoms with Crippen molar-refractivity contribution in [2.24, 2.45) is 5.92 Å². The first-order valence-electron chi connectivity index (χ1n) is 13.1. The van der Waals surface area contributed by atoms with E-state index in [9.17, 15) is 12.8 Å². The molecule has 12 heteroatoms. The topological polar surface area (TPSA) is 103 Å². The van der Waals surface area contributed by atoms with Crippen molar-refractivity contribution in [1.82, 2.24) is 15.9 Å². The summed E-state index contributed by atoms with van der Waals surface area (Å²) in [7, 11) is -3.97. The van der Waals surface area contributed by atoms with E-state index in [1.165, 1.54) is 23.4 Å². The van der Waals surface area contributed by atoms with Crippen LogP contribution in [0.4, 0.5) is 21.5 Å². The molecule has 0 spiro atoms. The van der Waals surface area contributed by atoms with Crippen LogP contribution in [0.1, 0.15) is 45.1 Å². The lowest BCUT2D eigenvalue weighted by Crippen LogP contribution is -2.37. The Hall–Kier alpha value is -3.54. The molecule has 3 heterocycles. The number of pyridine rings is 1. The molecule has 4 rings (SSSR count). The summed E-state index contributed by atoms with van der Waals surface area (Å²) in [5.41, 5.74) is 8.30. The van der Waals surface area contributed by atoms with Gasteiger partial charge in [-0.1, -0.05) is 37.9 Å². The number of hydrazine groups is 2. The van der Waals surface area contributed by atoms with Crippen LogP contribution < -0.4 is 25.6 Å². The molecule has 2 aromatic heterocycles. The smallest absolute Gasteiger partial charge is 0.265 e. The summed E-state index contributed by atoms with van der Waals surface area (Å²) in [6, 6.07) is 5.74. The number of sulfonamides is 1. The molecule has 0 amide bonds. The number of benzene rings is 1. The molecular weight excluding hydrogens is 555 g/mol. The minimum atomic E-state index is -3.97. The monoisotopic (exact) mass is 588 g/mol. The Kier molecular flexibility index (Phi) is 9.72. The maximum atomic E-state index is 15.0. The average Bonchev–Trinajstić information content (AvgIpc) is 3.66. The average molecular weight is 589 g/mol. The van der Waals surface area contributed by atoms with Crippen molar-refractivity contribution in [2.45, 2.75) is 44.4 Å². The molecule has 0 bridgehead atoms. The van der Waals surface area contributed by atoms with Gasteiger partial charge in [0.1, 0.15) is 22.7 Å². The maximum Gasteiger partial charge on any atom is 0.265 e. The Labute approximate surface area is 239 Å². The fourth-order valence-electron chi connectivity index (χ4n) is 4.48. The first kappa shape index (κ1) is 29.4. The zero-order valence-electron chi connectivity index (χ0n) is 22.5. The zero-order valence-corrected chi connectivity index (χ0v) is 24.1. The van der Waals surface area contributed by atoms with Crippen LogP contribution in [0.15, 0.2) is 77.4 Å². The molecule has 0 fully saturated rings. The number of rotatable bonds is 14. The van der Waals surface area contributed by atoms with Crippen molar-refractivity contribution >= 4 is 44.4 Å². The van der Waals surface area contributed by atoms with Crippen molar-refractivity contribution in [3.8, 4) is 0 Å². The molecule has 3 N–H and O–H groups in total. The summed E-state index contributed by atoms with van der Waals surface area (Å²) >= 11 is 6.50. The highest BCUT2D eigenvalue weighted by Gasteiger charge is 2.25. The molecule has 1 unspecified atom stereocenters. The van der Waals surface area contributed by atoms with Crippen molar-refractivity contribution in [3.63, 3.8) is 0 Å². The van der Waals surface area contributed by atoms with Gasteiger partial charge in [-0.15, -0.1) is 12.1 Å². The summed E-state index contributed by atoms with van der Waals surface area (Å²) in [4.78, 5) is 6.71. The van der Waals surface area contributed by atoms with Crippen molar-refractivity contribution in [3.05, 3.63) is 84.4 Å². The van der Waals surface area contributed by atoms with Crippen LogP contribution >= 0.6 is 11.6 Å². The number of furan rings is 1. The fourth-order valence-corrected chi connectivity index (χ4v) is 5.82. The second-order valence-electron chi connectivity index (χ2n) is 9.48. The first-order valence-corrected chi connectivity index (χ1v) is 15.0. The Morgan fingerprint density at radius 1 is 1.27 bits per heavy atom. The highest BCUT2D eigenvalue weighted by molar-refractivity contribution is 7.92. The molecule has 1 aliphatic rings. The molecule has 0 saturated heterocycles. The molecule has 0 radical (unpaired) electrons. The molecule has 3 aromatic rings. The van der Waals surface area contributed by atoms with E-state index in [1.54, 1.807) is 12.4 Å². The molecular formula is C28H34ClFN6O3S. The van der Waals surface area contributed by atoms with Gasteiger partial charge >= 0.3 is 0 Å². The molecule has 1 aromatic carbocycles. The predicted molar refractivity (Wildman–Crippen MR) is 158 cm³/mol. The highest BCUT2D eigenvalue weighted by atomic mass is 35.5. The number of halogens is 2. The van der Waals surface area contributed by atoms with E-state index in [4.69, 9.17) is 16.0 Å². The van der Waals surface area contributed by atoms with E-state index in [2.05, 4.69) is 46.0 Å². The van der Waals surface area contributed by atoms with Crippen LogP contribution in [0, 0.1) is 11.7 Å². The number of hydrogen-bond donors (Lipinski definition) is 3. The second-order valence-corrected chi connectivity index (χ2v) is 11.5. The number of hydrogen-bond acceptors (Lipinski definition) is 8. The van der Waals surface area contributed by atoms with Gasteiger partial charge in [0.05, 0.1) is 34.6 Å². The molecule has 0 saturated carbocycles. The van der Waals surface area contributed by atoms with Gasteiger partial charge in [0.2, 0.25) is 0 Å². The van der Waals surface area contributed by atoms with Gasteiger partial charge in [-0.25, -0.2) is 12.8 Å². The SMILES string of the molecule is C=CCC(CC)CCN(CCC)c1cncc(C2=CN(c3c(F)ccc(NS(=O)(=O)c4ccoc4)c3Cl)NN2)c1.